The number of aryl methyl sites for hydroxylation is 5. The topological polar surface area (TPSA) is 107 Å². The van der Waals surface area contributed by atoms with Gasteiger partial charge in [0.25, 0.3) is 0 Å². The Bertz CT molecular complexity index is 6770. The van der Waals surface area contributed by atoms with Gasteiger partial charge in [0, 0.05) is 180 Å². The van der Waals surface area contributed by atoms with E-state index in [0.717, 1.165) is 113 Å². The van der Waals surface area contributed by atoms with E-state index < -0.39 is 0 Å². The molecule has 9 nitrogen and oxygen atoms in total. The number of hydrogen-bond donors (Lipinski definition) is 0. The summed E-state index contributed by atoms with van der Waals surface area (Å²) in [4.78, 5) is 38.9. The van der Waals surface area contributed by atoms with Crippen molar-refractivity contribution in [3.63, 3.8) is 0 Å². The maximum Gasteiger partial charge on any atom is 0.108 e. The predicted molar refractivity (Wildman–Crippen MR) is 521 cm³/mol. The number of aromatic nitrogens is 8. The van der Waals surface area contributed by atoms with Gasteiger partial charge in [-0.05, 0) is 160 Å². The largest absolute Gasteiger partial charge is 0.305 e. The third-order valence-electron chi connectivity index (χ3n) is 21.1. The van der Waals surface area contributed by atoms with Crippen molar-refractivity contribution in [2.75, 3.05) is 0 Å². The third-order valence-corrected chi connectivity index (χ3v) is 21.1. The minimum absolute atomic E-state index is 0. The number of nitrogens with zero attached hydrogens (tertiary/aromatic N) is 9. The van der Waals surface area contributed by atoms with Crippen LogP contribution in [0.2, 0.25) is 0 Å². The van der Waals surface area contributed by atoms with E-state index in [-0.39, 0.29) is 126 Å². The maximum absolute atomic E-state index is 6.89. The fraction of sp³-hybridized carbons (Fsp3) is 0.0763. The maximum atomic E-state index is 6.89. The van der Waals surface area contributed by atoms with Gasteiger partial charge in [0.15, 0.2) is 0 Å². The first kappa shape index (κ1) is 106. The van der Waals surface area contributed by atoms with Crippen molar-refractivity contribution < 1.29 is 121 Å². The normalized spacial score (nSPS) is 10.4. The van der Waals surface area contributed by atoms with Crippen LogP contribution in [0.5, 0.6) is 0 Å². The molecule has 0 unspecified atom stereocenters. The van der Waals surface area contributed by atoms with Gasteiger partial charge in [-0.3, -0.25) is 4.85 Å². The molecule has 8 heterocycles. The summed E-state index contributed by atoms with van der Waals surface area (Å²) in [7, 11) is 0. The van der Waals surface area contributed by atoms with E-state index in [2.05, 4.69) is 243 Å². The molecule has 670 valence electrons. The second-order valence-corrected chi connectivity index (χ2v) is 30.2. The SMILES string of the molecule is CC1(C)c2ccc[c-]c2-c2ncccc21.CCc1cc(-c2[c-]cccc2)ncc1-c1ccccc1.Cc1cc(-c2[c-]cccc2)ncc1-c1ccccc1.Cc1cccc(-c2[c-]cccc2)n1.Cc1cccc(-c2[c-]cccc2)n1.Cc1ccccc1-c1ccc(-c2[c-]cccc2)nc1.[C-]#[N+]c1cc[c-]c(-c2ccccn2)c1.[Ir].[Ir].[Ir].[Ir].[Ir].[Ir].[c-]1cccc2ccc3cccnc3c12. The Morgan fingerprint density at radius 1 is 0.301 bits per heavy atom. The first-order valence-electron chi connectivity index (χ1n) is 42.1. The zero-order valence-electron chi connectivity index (χ0n) is 74.0. The summed E-state index contributed by atoms with van der Waals surface area (Å²) in [6.45, 7) is 21.8. The molecule has 0 N–H and O–H groups in total. The number of pyridine rings is 8. The van der Waals surface area contributed by atoms with Crippen LogP contribution in [0.1, 0.15) is 60.0 Å². The van der Waals surface area contributed by atoms with Crippen LogP contribution in [0.25, 0.3) is 139 Å². The van der Waals surface area contributed by atoms with Crippen LogP contribution in [0.15, 0.2) is 413 Å². The molecule has 12 aromatic carbocycles. The van der Waals surface area contributed by atoms with Gasteiger partial charge in [0.1, 0.15) is 5.69 Å². The summed E-state index contributed by atoms with van der Waals surface area (Å²) in [5, 5.41) is 3.46. The van der Waals surface area contributed by atoms with Crippen molar-refractivity contribution in [1.82, 2.24) is 39.9 Å². The molecule has 1 aliphatic carbocycles. The van der Waals surface area contributed by atoms with E-state index in [1.54, 1.807) is 24.4 Å². The van der Waals surface area contributed by atoms with Gasteiger partial charge < -0.3 is 39.9 Å². The summed E-state index contributed by atoms with van der Waals surface area (Å²) < 4.78 is 0. The zero-order valence-corrected chi connectivity index (χ0v) is 88.4. The van der Waals surface area contributed by atoms with Crippen LogP contribution in [0.3, 0.4) is 0 Å². The van der Waals surface area contributed by atoms with Gasteiger partial charge in [0.05, 0.1) is 6.57 Å². The third kappa shape index (κ3) is 29.4. The van der Waals surface area contributed by atoms with E-state index in [1.807, 2.05) is 287 Å². The molecule has 0 saturated carbocycles. The summed E-state index contributed by atoms with van der Waals surface area (Å²) >= 11 is 0. The first-order chi connectivity index (χ1) is 62.3. The molecule has 1 aliphatic rings. The van der Waals surface area contributed by atoms with Crippen molar-refractivity contribution in [2.45, 2.75) is 60.3 Å². The Balaban J connectivity index is 0.000000187. The van der Waals surface area contributed by atoms with Crippen molar-refractivity contribution in [3.8, 4) is 112 Å². The van der Waals surface area contributed by atoms with Gasteiger partial charge in [-0.2, -0.15) is 6.07 Å². The standard InChI is InChI=1S/C19H16N.2C18H14N.C14H12N.C13H8N.C12H7N2.2C12H10N.6Ir/c1-2-15-13-19(17-11-7-4-8-12-17)20-14-18(15)16-9-5-3-6-10-16;1-14-12-18(16-10-6-3-7-11-16)19-13-17(14)15-8-4-2-5-9-15;1-14-7-5-6-10-17(14)16-11-12-18(19-13-16)15-8-3-2-4-9-15;1-14(2)11-7-4-3-6-10(11)13-12(14)8-5-9-15-13;1-2-6-12-10(4-1)7-8-11-5-3-9-14-13(11)12;1-13-11-6-4-5-10(9-11)12-7-2-3-8-14-12;2*1-10-6-5-9-12(13-10)11-7-3-2-4-8-11;;;;;;/h3-11,13-14H,2H2,1H3;2-10,12-13H,1H3;2-8,10-13H,1H3;3-5,7-9H,1-2H3;1-5,7-9H;2-4,6-9H;2*2-7,9H,1H3;;;;;;/q8*-1;;;;;;. The summed E-state index contributed by atoms with van der Waals surface area (Å²) in [6, 6.07) is 150. The van der Waals surface area contributed by atoms with E-state index in [9.17, 15) is 0 Å². The van der Waals surface area contributed by atoms with Gasteiger partial charge >= 0.3 is 0 Å². The Morgan fingerprint density at radius 3 is 1.30 bits per heavy atom. The van der Waals surface area contributed by atoms with E-state index in [1.165, 1.54) is 66.4 Å². The summed E-state index contributed by atoms with van der Waals surface area (Å²) in [5.74, 6) is 0. The molecule has 0 saturated heterocycles. The molecule has 0 bridgehead atoms. The second kappa shape index (κ2) is 54.7. The predicted octanol–water partition coefficient (Wildman–Crippen LogP) is 29.0. The van der Waals surface area contributed by atoms with E-state index >= 15 is 0 Å². The number of hydrogen-bond acceptors (Lipinski definition) is 8. The molecule has 21 rings (SSSR count). The monoisotopic (exact) mass is 2790 g/mol. The molecule has 133 heavy (non-hydrogen) atoms. The summed E-state index contributed by atoms with van der Waals surface area (Å²) in [6.07, 6.45) is 12.2. The van der Waals surface area contributed by atoms with Crippen molar-refractivity contribution in [2.24, 2.45) is 0 Å². The Labute approximate surface area is 864 Å². The fourth-order valence-corrected chi connectivity index (χ4v) is 14.5. The van der Waals surface area contributed by atoms with Gasteiger partial charge in [-0.15, -0.1) is 274 Å². The van der Waals surface area contributed by atoms with Crippen LogP contribution >= 0.6 is 0 Å². The van der Waals surface area contributed by atoms with Gasteiger partial charge in [-0.25, -0.2) is 0 Å². The summed E-state index contributed by atoms with van der Waals surface area (Å²) in [5.41, 5.74) is 31.5. The zero-order chi connectivity index (χ0) is 87.8. The molecular weight excluding hydrogens is 2700 g/mol. The average molecular weight is 2790 g/mol. The molecule has 6 radical (unpaired) electrons. The molecule has 8 aromatic heterocycles. The van der Waals surface area contributed by atoms with E-state index in [0.29, 0.717) is 5.69 Å². The van der Waals surface area contributed by atoms with Gasteiger partial charge in [-0.1, -0.05) is 196 Å². The van der Waals surface area contributed by atoms with Crippen molar-refractivity contribution in [1.29, 1.82) is 0 Å². The second-order valence-electron chi connectivity index (χ2n) is 30.2. The number of benzene rings is 12. The molecule has 20 aromatic rings. The Morgan fingerprint density at radius 2 is 0.759 bits per heavy atom. The molecule has 0 spiro atoms. The molecule has 0 amide bonds. The minimum Gasteiger partial charge on any atom is -0.305 e. The smallest absolute Gasteiger partial charge is 0.108 e. The molecule has 0 fully saturated rings. The van der Waals surface area contributed by atoms with Crippen molar-refractivity contribution in [3.05, 3.63) is 512 Å². The van der Waals surface area contributed by atoms with Crippen LogP contribution in [-0.4, -0.2) is 39.9 Å². The van der Waals surface area contributed by atoms with E-state index in [4.69, 9.17) is 6.57 Å². The molecule has 0 atom stereocenters. The Hall–Kier alpha value is -12.3. The number of fused-ring (bicyclic) bond motifs is 6. The van der Waals surface area contributed by atoms with Crippen LogP contribution in [0.4, 0.5) is 5.69 Å². The first-order valence-corrected chi connectivity index (χ1v) is 42.1. The molecule has 0 aliphatic heterocycles. The van der Waals surface area contributed by atoms with Crippen LogP contribution < -0.4 is 0 Å². The fourth-order valence-electron chi connectivity index (χ4n) is 14.5. The quantitative estimate of drug-likeness (QED) is 0.0984. The molecular formula is C118H91Ir6N9-8. The van der Waals surface area contributed by atoms with Crippen LogP contribution in [-0.2, 0) is 132 Å². The van der Waals surface area contributed by atoms with Gasteiger partial charge in [0.2, 0.25) is 0 Å². The molecule has 15 heteroatoms. The average Bonchev–Trinajstić information content (AvgIpc) is 1.59. The van der Waals surface area contributed by atoms with Crippen molar-refractivity contribution >= 4 is 27.4 Å². The van der Waals surface area contributed by atoms with Crippen LogP contribution in [0, 0.1) is 82.8 Å². The number of rotatable bonds is 10. The Kier molecular flexibility index (Phi) is 43.6. The minimum atomic E-state index is 0.